The first-order valence-corrected chi connectivity index (χ1v) is 3.83. The summed E-state index contributed by atoms with van der Waals surface area (Å²) in [5.74, 6) is 0.0966. The van der Waals surface area contributed by atoms with E-state index in [0.717, 1.165) is 0 Å². The first-order valence-electron chi connectivity index (χ1n) is 3.83. The average Bonchev–Trinajstić information content (AvgIpc) is 2.55. The van der Waals surface area contributed by atoms with E-state index in [2.05, 4.69) is 9.89 Å². The quantitative estimate of drug-likeness (QED) is 0.688. The van der Waals surface area contributed by atoms with Gasteiger partial charge in [0.15, 0.2) is 5.76 Å². The fourth-order valence-electron chi connectivity index (χ4n) is 0.970. The van der Waals surface area contributed by atoms with Crippen LogP contribution in [0.2, 0.25) is 0 Å². The summed E-state index contributed by atoms with van der Waals surface area (Å²) in [5, 5.41) is 3.51. The Labute approximate surface area is 75.8 Å². The lowest BCUT2D eigenvalue weighted by Crippen LogP contribution is -2.35. The lowest BCUT2D eigenvalue weighted by atomic mass is 9.96. The molecular weight excluding hydrogens is 172 g/mol. The van der Waals surface area contributed by atoms with Crippen LogP contribution in [0.25, 0.3) is 0 Å². The number of methoxy groups -OCH3 is 1. The number of ether oxygens (including phenoxy) is 1. The number of esters is 1. The molecule has 1 rings (SSSR count). The van der Waals surface area contributed by atoms with Crippen LogP contribution in [0.15, 0.2) is 16.8 Å². The molecular formula is C8H12N2O3. The Balaban J connectivity index is 2.72. The number of rotatable bonds is 3. The van der Waals surface area contributed by atoms with Crippen LogP contribution in [0.1, 0.15) is 19.1 Å². The van der Waals surface area contributed by atoms with Crippen molar-refractivity contribution in [1.29, 1.82) is 0 Å². The van der Waals surface area contributed by atoms with E-state index >= 15 is 0 Å². The van der Waals surface area contributed by atoms with Crippen molar-refractivity contribution < 1.29 is 14.1 Å². The largest absolute Gasteiger partial charge is 0.469 e. The number of carbonyl (C=O) groups excluding carboxylic acids is 1. The Morgan fingerprint density at radius 3 is 3.00 bits per heavy atom. The van der Waals surface area contributed by atoms with Gasteiger partial charge in [-0.25, -0.2) is 0 Å². The van der Waals surface area contributed by atoms with Crippen LogP contribution < -0.4 is 5.73 Å². The van der Waals surface area contributed by atoms with E-state index in [1.807, 2.05) is 0 Å². The molecule has 0 radical (unpaired) electrons. The zero-order valence-corrected chi connectivity index (χ0v) is 7.61. The monoisotopic (exact) mass is 184 g/mol. The van der Waals surface area contributed by atoms with Crippen molar-refractivity contribution in [2.45, 2.75) is 18.9 Å². The highest BCUT2D eigenvalue weighted by Crippen LogP contribution is 2.20. The minimum atomic E-state index is -0.858. The predicted molar refractivity (Wildman–Crippen MR) is 44.7 cm³/mol. The molecule has 5 nitrogen and oxygen atoms in total. The van der Waals surface area contributed by atoms with Crippen LogP contribution in [-0.4, -0.2) is 18.2 Å². The van der Waals surface area contributed by atoms with E-state index in [4.69, 9.17) is 10.3 Å². The topological polar surface area (TPSA) is 78.4 Å². The highest BCUT2D eigenvalue weighted by atomic mass is 16.5. The molecule has 0 saturated carbocycles. The van der Waals surface area contributed by atoms with Crippen LogP contribution in [-0.2, 0) is 15.1 Å². The molecule has 1 aromatic rings. The molecule has 2 N–H and O–H groups in total. The zero-order chi connectivity index (χ0) is 9.90. The molecule has 1 atom stereocenters. The summed E-state index contributed by atoms with van der Waals surface area (Å²) in [4.78, 5) is 11.0. The van der Waals surface area contributed by atoms with Gasteiger partial charge in [0.25, 0.3) is 0 Å². The number of nitrogens with two attached hydrogens (primary N) is 1. The van der Waals surface area contributed by atoms with Gasteiger partial charge in [-0.1, -0.05) is 5.16 Å². The molecule has 0 bridgehead atoms. The Bertz CT molecular complexity index is 280. The molecule has 0 aromatic carbocycles. The van der Waals surface area contributed by atoms with E-state index < -0.39 is 5.54 Å². The predicted octanol–water partition coefficient (Wildman–Crippen LogP) is 0.412. The minimum absolute atomic E-state index is 0.0681. The van der Waals surface area contributed by atoms with Gasteiger partial charge in [-0.2, -0.15) is 0 Å². The molecule has 1 heterocycles. The van der Waals surface area contributed by atoms with E-state index in [9.17, 15) is 4.79 Å². The smallest absolute Gasteiger partial charge is 0.307 e. The lowest BCUT2D eigenvalue weighted by molar-refractivity contribution is -0.142. The second-order valence-electron chi connectivity index (χ2n) is 3.05. The maximum absolute atomic E-state index is 11.0. The van der Waals surface area contributed by atoms with Gasteiger partial charge in [0.2, 0.25) is 0 Å². The van der Waals surface area contributed by atoms with Crippen LogP contribution in [0.4, 0.5) is 0 Å². The lowest BCUT2D eigenvalue weighted by Gasteiger charge is -2.18. The third-order valence-electron chi connectivity index (χ3n) is 1.74. The summed E-state index contributed by atoms with van der Waals surface area (Å²) in [5.41, 5.74) is 4.97. The summed E-state index contributed by atoms with van der Waals surface area (Å²) in [6.45, 7) is 1.68. The number of hydrogen-bond donors (Lipinski definition) is 1. The molecule has 0 aliphatic carbocycles. The molecule has 13 heavy (non-hydrogen) atoms. The maximum atomic E-state index is 11.0. The van der Waals surface area contributed by atoms with Crippen LogP contribution in [0.5, 0.6) is 0 Å². The molecule has 72 valence electrons. The average molecular weight is 184 g/mol. The molecule has 1 aromatic heterocycles. The molecule has 0 spiro atoms. The van der Waals surface area contributed by atoms with Gasteiger partial charge in [0, 0.05) is 6.07 Å². The molecule has 5 heteroatoms. The molecule has 0 aliphatic heterocycles. The normalized spacial score (nSPS) is 15.0. The van der Waals surface area contributed by atoms with Gasteiger partial charge >= 0.3 is 5.97 Å². The fraction of sp³-hybridized carbons (Fsp3) is 0.500. The van der Waals surface area contributed by atoms with Crippen molar-refractivity contribution in [3.63, 3.8) is 0 Å². The highest BCUT2D eigenvalue weighted by molar-refractivity contribution is 5.70. The second kappa shape index (κ2) is 3.57. The van der Waals surface area contributed by atoms with Crippen molar-refractivity contribution in [2.75, 3.05) is 7.11 Å². The van der Waals surface area contributed by atoms with E-state index in [-0.39, 0.29) is 12.4 Å². The molecule has 0 fully saturated rings. The van der Waals surface area contributed by atoms with Crippen LogP contribution in [0.3, 0.4) is 0 Å². The first-order chi connectivity index (χ1) is 6.06. The number of hydrogen-bond acceptors (Lipinski definition) is 5. The number of aromatic nitrogens is 1. The Morgan fingerprint density at radius 2 is 2.54 bits per heavy atom. The Morgan fingerprint density at radius 1 is 1.85 bits per heavy atom. The number of nitrogens with zero attached hydrogens (tertiary/aromatic N) is 1. The van der Waals surface area contributed by atoms with Gasteiger partial charge in [0.05, 0.1) is 25.3 Å². The van der Waals surface area contributed by atoms with Gasteiger partial charge < -0.3 is 15.0 Å². The van der Waals surface area contributed by atoms with Gasteiger partial charge in [-0.05, 0) is 6.92 Å². The summed E-state index contributed by atoms with van der Waals surface area (Å²) in [7, 11) is 1.32. The standard InChI is InChI=1S/C8H12N2O3/c1-8(9,5-7(11)12-2)6-3-4-10-13-6/h3-4H,5,9H2,1-2H3. The second-order valence-corrected chi connectivity index (χ2v) is 3.05. The van der Waals surface area contributed by atoms with Crippen molar-refractivity contribution in [3.05, 3.63) is 18.0 Å². The molecule has 1 unspecified atom stereocenters. The van der Waals surface area contributed by atoms with Gasteiger partial charge in [-0.3, -0.25) is 4.79 Å². The van der Waals surface area contributed by atoms with Crippen molar-refractivity contribution in [1.82, 2.24) is 5.16 Å². The maximum Gasteiger partial charge on any atom is 0.307 e. The summed E-state index contributed by atoms with van der Waals surface area (Å²) in [6.07, 6.45) is 1.55. The fourth-order valence-corrected chi connectivity index (χ4v) is 0.970. The van der Waals surface area contributed by atoms with Crippen LogP contribution >= 0.6 is 0 Å². The third-order valence-corrected chi connectivity index (χ3v) is 1.74. The molecule has 0 amide bonds. The summed E-state index contributed by atoms with van der Waals surface area (Å²) >= 11 is 0. The Hall–Kier alpha value is -1.36. The third kappa shape index (κ3) is 2.29. The highest BCUT2D eigenvalue weighted by Gasteiger charge is 2.28. The van der Waals surface area contributed by atoms with Crippen molar-refractivity contribution in [2.24, 2.45) is 5.73 Å². The summed E-state index contributed by atoms with van der Waals surface area (Å²) < 4.78 is 9.36. The van der Waals surface area contributed by atoms with E-state index in [1.54, 1.807) is 13.0 Å². The Kier molecular flexibility index (Phi) is 2.67. The molecule has 0 saturated heterocycles. The van der Waals surface area contributed by atoms with Gasteiger partial charge in [0.1, 0.15) is 0 Å². The minimum Gasteiger partial charge on any atom is -0.469 e. The molecule has 0 aliphatic rings. The van der Waals surface area contributed by atoms with E-state index in [1.165, 1.54) is 13.3 Å². The number of carbonyl (C=O) groups is 1. The van der Waals surface area contributed by atoms with Crippen molar-refractivity contribution in [3.8, 4) is 0 Å². The van der Waals surface area contributed by atoms with E-state index in [0.29, 0.717) is 5.76 Å². The SMILES string of the molecule is COC(=O)CC(C)(N)c1ccno1. The van der Waals surface area contributed by atoms with Crippen LogP contribution in [0, 0.1) is 0 Å². The van der Waals surface area contributed by atoms with Gasteiger partial charge in [-0.15, -0.1) is 0 Å². The van der Waals surface area contributed by atoms with Crippen molar-refractivity contribution >= 4 is 5.97 Å². The summed E-state index contributed by atoms with van der Waals surface area (Å²) in [6, 6.07) is 1.63. The first kappa shape index (κ1) is 9.73. The zero-order valence-electron chi connectivity index (χ0n) is 7.61.